The van der Waals surface area contributed by atoms with Crippen molar-refractivity contribution >= 4 is 29.4 Å². The SMILES string of the molecule is CC(C)(C)OC(=O)N1C[C@@H](CCc2c(F)cncc2CC(=O)[C@@H](N)[C@@H](c2ccc(Cl)cc2)c2ccc3c(c2)OCO3)OC[C@H]1COC(=O)CCC(F)(F)F. The van der Waals surface area contributed by atoms with Crippen molar-refractivity contribution in [3.63, 3.8) is 0 Å². The average Bonchev–Trinajstić information content (AvgIpc) is 3.58. The van der Waals surface area contributed by atoms with Crippen LogP contribution in [0.15, 0.2) is 54.9 Å². The van der Waals surface area contributed by atoms with Crippen molar-refractivity contribution in [2.45, 2.75) is 88.8 Å². The summed E-state index contributed by atoms with van der Waals surface area (Å²) in [6.07, 6.45) is -5.55. The minimum absolute atomic E-state index is 0.0379. The molecule has 3 heterocycles. The van der Waals surface area contributed by atoms with E-state index in [0.717, 1.165) is 11.8 Å². The fourth-order valence-corrected chi connectivity index (χ4v) is 6.36. The molecular formula is C38H42ClF4N3O8. The van der Waals surface area contributed by atoms with Crippen LogP contribution in [0.2, 0.25) is 5.02 Å². The third-order valence-electron chi connectivity index (χ3n) is 8.93. The molecule has 2 aliphatic heterocycles. The molecule has 1 aromatic heterocycles. The van der Waals surface area contributed by atoms with Crippen molar-refractivity contribution in [2.24, 2.45) is 5.73 Å². The van der Waals surface area contributed by atoms with Gasteiger partial charge in [-0.1, -0.05) is 29.8 Å². The number of hydrogen-bond acceptors (Lipinski definition) is 10. The number of aromatic nitrogens is 1. The Bertz CT molecular complexity index is 1800. The van der Waals surface area contributed by atoms with E-state index in [0.29, 0.717) is 27.6 Å². The van der Waals surface area contributed by atoms with Crippen LogP contribution >= 0.6 is 11.6 Å². The van der Waals surface area contributed by atoms with Crippen LogP contribution in [0.25, 0.3) is 0 Å². The summed E-state index contributed by atoms with van der Waals surface area (Å²) in [5, 5.41) is 0.508. The number of hydrogen-bond donors (Lipinski definition) is 1. The Morgan fingerprint density at radius 1 is 1.04 bits per heavy atom. The molecular weight excluding hydrogens is 738 g/mol. The molecule has 11 nitrogen and oxygen atoms in total. The van der Waals surface area contributed by atoms with Gasteiger partial charge in [-0.3, -0.25) is 19.5 Å². The highest BCUT2D eigenvalue weighted by atomic mass is 35.5. The summed E-state index contributed by atoms with van der Waals surface area (Å²) in [4.78, 5) is 44.4. The zero-order valence-electron chi connectivity index (χ0n) is 30.0. The Labute approximate surface area is 315 Å². The summed E-state index contributed by atoms with van der Waals surface area (Å²) in [6.45, 7) is 4.51. The van der Waals surface area contributed by atoms with E-state index in [2.05, 4.69) is 4.98 Å². The van der Waals surface area contributed by atoms with Gasteiger partial charge in [0.1, 0.15) is 18.0 Å². The molecule has 16 heteroatoms. The maximum atomic E-state index is 15.4. The lowest BCUT2D eigenvalue weighted by Gasteiger charge is -2.40. The number of alkyl halides is 3. The van der Waals surface area contributed by atoms with E-state index in [-0.39, 0.29) is 50.6 Å². The van der Waals surface area contributed by atoms with Gasteiger partial charge in [0.2, 0.25) is 6.79 Å². The largest absolute Gasteiger partial charge is 0.463 e. The van der Waals surface area contributed by atoms with Crippen LogP contribution in [0.3, 0.4) is 0 Å². The molecule has 0 radical (unpaired) electrons. The van der Waals surface area contributed by atoms with Gasteiger partial charge in [-0.15, -0.1) is 0 Å². The summed E-state index contributed by atoms with van der Waals surface area (Å²) >= 11 is 6.15. The molecule has 1 saturated heterocycles. The first-order chi connectivity index (χ1) is 25.5. The first kappa shape index (κ1) is 40.7. The number of carbonyl (C=O) groups excluding carboxylic acids is 3. The number of nitrogens with two attached hydrogens (primary N) is 1. The van der Waals surface area contributed by atoms with E-state index < -0.39 is 73.2 Å². The van der Waals surface area contributed by atoms with Gasteiger partial charge in [0.15, 0.2) is 17.3 Å². The maximum Gasteiger partial charge on any atom is 0.410 e. The van der Waals surface area contributed by atoms with Gasteiger partial charge in [-0.05, 0) is 80.1 Å². The number of amides is 1. The lowest BCUT2D eigenvalue weighted by atomic mass is 9.82. The van der Waals surface area contributed by atoms with Crippen LogP contribution in [0.1, 0.15) is 68.2 Å². The first-order valence-corrected chi connectivity index (χ1v) is 17.7. The number of fused-ring (bicyclic) bond motifs is 1. The quantitative estimate of drug-likeness (QED) is 0.147. The molecule has 0 saturated carbocycles. The molecule has 54 heavy (non-hydrogen) atoms. The summed E-state index contributed by atoms with van der Waals surface area (Å²) in [7, 11) is 0. The number of pyridine rings is 1. The predicted octanol–water partition coefficient (Wildman–Crippen LogP) is 6.70. The maximum absolute atomic E-state index is 15.4. The molecule has 0 bridgehead atoms. The second-order valence-electron chi connectivity index (χ2n) is 14.1. The van der Waals surface area contributed by atoms with E-state index in [1.165, 1.54) is 11.1 Å². The Balaban J connectivity index is 1.28. The lowest BCUT2D eigenvalue weighted by molar-refractivity contribution is -0.160. The van der Waals surface area contributed by atoms with Crippen LogP contribution in [0.4, 0.5) is 22.4 Å². The van der Waals surface area contributed by atoms with Crippen LogP contribution in [0, 0.1) is 5.82 Å². The van der Waals surface area contributed by atoms with E-state index in [9.17, 15) is 27.6 Å². The minimum atomic E-state index is -4.52. The van der Waals surface area contributed by atoms with Crippen molar-refractivity contribution in [3.8, 4) is 11.5 Å². The van der Waals surface area contributed by atoms with E-state index >= 15 is 4.39 Å². The summed E-state index contributed by atoms with van der Waals surface area (Å²) in [5.41, 5.74) is 7.82. The molecule has 2 N–H and O–H groups in total. The molecule has 0 unspecified atom stereocenters. The molecule has 2 aromatic carbocycles. The molecule has 2 aliphatic rings. The number of halogens is 5. The molecule has 0 spiro atoms. The Hall–Kier alpha value is -4.47. The number of carbonyl (C=O) groups is 3. The number of ketones is 1. The molecule has 1 fully saturated rings. The summed E-state index contributed by atoms with van der Waals surface area (Å²) in [6, 6.07) is 10.4. The molecule has 5 rings (SSSR count). The fraction of sp³-hybridized carbons (Fsp3) is 0.474. The predicted molar refractivity (Wildman–Crippen MR) is 188 cm³/mol. The second kappa shape index (κ2) is 17.3. The van der Waals surface area contributed by atoms with Gasteiger partial charge in [0.05, 0.1) is 50.4 Å². The minimum Gasteiger partial charge on any atom is -0.463 e. The Kier molecular flexibility index (Phi) is 13.1. The van der Waals surface area contributed by atoms with Crippen LogP contribution in [-0.4, -0.2) is 84.2 Å². The smallest absolute Gasteiger partial charge is 0.410 e. The van der Waals surface area contributed by atoms with Gasteiger partial charge in [-0.2, -0.15) is 13.2 Å². The van der Waals surface area contributed by atoms with Gasteiger partial charge in [0.25, 0.3) is 0 Å². The fourth-order valence-electron chi connectivity index (χ4n) is 6.24. The standard InChI is InChI=1S/C38H42ClF4N3O8/c1-37(2,3)54-36(49)46-18-27(50-19-26(46)20-51-33(48)12-13-38(41,42)43)9-10-28-24(16-45-17-29(28)40)14-30(47)35(44)34(22-4-7-25(39)8-5-22)23-6-11-31-32(15-23)53-21-52-31/h4-8,11,15-17,26-27,34-35H,9-10,12-14,18-21,44H2,1-3H3/t26-,27+,34-,35+/m0/s1. The van der Waals surface area contributed by atoms with E-state index in [4.69, 9.17) is 41.0 Å². The number of Topliss-reactive ketones (excluding diaryl/α,β-unsaturated/α-hetero) is 1. The van der Waals surface area contributed by atoms with Crippen molar-refractivity contribution in [1.82, 2.24) is 9.88 Å². The number of esters is 1. The summed E-state index contributed by atoms with van der Waals surface area (Å²) in [5.74, 6) is -1.60. The molecule has 3 aromatic rings. The molecule has 4 atom stereocenters. The third-order valence-corrected chi connectivity index (χ3v) is 9.19. The van der Waals surface area contributed by atoms with Crippen molar-refractivity contribution in [3.05, 3.63) is 88.0 Å². The first-order valence-electron chi connectivity index (χ1n) is 17.4. The summed E-state index contributed by atoms with van der Waals surface area (Å²) < 4.78 is 80.7. The van der Waals surface area contributed by atoms with Crippen molar-refractivity contribution in [1.29, 1.82) is 0 Å². The average molecular weight is 780 g/mol. The van der Waals surface area contributed by atoms with Crippen molar-refractivity contribution < 1.29 is 55.6 Å². The number of rotatable bonds is 13. The highest BCUT2D eigenvalue weighted by molar-refractivity contribution is 6.30. The lowest BCUT2D eigenvalue weighted by Crippen LogP contribution is -2.55. The zero-order valence-corrected chi connectivity index (χ0v) is 30.8. The highest BCUT2D eigenvalue weighted by Crippen LogP contribution is 2.38. The van der Waals surface area contributed by atoms with Crippen LogP contribution in [-0.2, 0) is 36.6 Å². The van der Waals surface area contributed by atoms with E-state index in [1.54, 1.807) is 57.2 Å². The van der Waals surface area contributed by atoms with Gasteiger partial charge >= 0.3 is 18.2 Å². The monoisotopic (exact) mass is 779 g/mol. The number of morpholine rings is 1. The Morgan fingerprint density at radius 2 is 1.74 bits per heavy atom. The number of nitrogens with zero attached hydrogens (tertiary/aromatic N) is 2. The second-order valence-corrected chi connectivity index (χ2v) is 14.6. The highest BCUT2D eigenvalue weighted by Gasteiger charge is 2.37. The molecule has 292 valence electrons. The topological polar surface area (TPSA) is 140 Å². The van der Waals surface area contributed by atoms with E-state index in [1.807, 2.05) is 6.07 Å². The van der Waals surface area contributed by atoms with Gasteiger partial charge < -0.3 is 29.4 Å². The van der Waals surface area contributed by atoms with Crippen LogP contribution < -0.4 is 15.2 Å². The molecule has 1 amide bonds. The van der Waals surface area contributed by atoms with Crippen molar-refractivity contribution in [2.75, 3.05) is 26.6 Å². The van der Waals surface area contributed by atoms with Gasteiger partial charge in [0, 0.05) is 23.6 Å². The van der Waals surface area contributed by atoms with Crippen LogP contribution in [0.5, 0.6) is 11.5 Å². The Morgan fingerprint density at radius 3 is 2.44 bits per heavy atom. The van der Waals surface area contributed by atoms with Gasteiger partial charge in [-0.25, -0.2) is 9.18 Å². The third kappa shape index (κ3) is 11.0. The number of benzene rings is 2. The number of ether oxygens (including phenoxy) is 5. The zero-order chi connectivity index (χ0) is 39.2. The normalized spacial score (nSPS) is 18.2. The molecule has 0 aliphatic carbocycles.